The maximum Gasteiger partial charge on any atom is 0.262 e. The molecule has 0 spiro atoms. The molecule has 154 valence electrons. The van der Waals surface area contributed by atoms with Crippen LogP contribution in [0.3, 0.4) is 0 Å². The van der Waals surface area contributed by atoms with E-state index in [4.69, 9.17) is 4.74 Å². The molecule has 1 fully saturated rings. The first-order valence-corrected chi connectivity index (χ1v) is 11.0. The summed E-state index contributed by atoms with van der Waals surface area (Å²) in [6.45, 7) is 10.1. The van der Waals surface area contributed by atoms with E-state index in [0.717, 1.165) is 11.1 Å². The highest BCUT2D eigenvalue weighted by Gasteiger charge is 2.52. The molecule has 0 bridgehead atoms. The van der Waals surface area contributed by atoms with Crippen molar-refractivity contribution in [1.82, 2.24) is 0 Å². The zero-order valence-corrected chi connectivity index (χ0v) is 18.2. The third-order valence-corrected chi connectivity index (χ3v) is 6.13. The van der Waals surface area contributed by atoms with E-state index >= 15 is 0 Å². The van der Waals surface area contributed by atoms with Crippen molar-refractivity contribution in [2.75, 3.05) is 11.5 Å². The van der Waals surface area contributed by atoms with Gasteiger partial charge >= 0.3 is 0 Å². The first kappa shape index (κ1) is 21.4. The van der Waals surface area contributed by atoms with Crippen molar-refractivity contribution in [2.24, 2.45) is 5.92 Å². The standard InChI is InChI=1S/C22H26NO5P/c1-6-28-17-11-10-16-18(20(17)29(26)27)22(25)23(21(16)24)19-14(12(2)3)8-7-9-15(19)13(4)5/h7-13,18H,6H2,1-5H3,(H,26,27). The third kappa shape index (κ3) is 3.57. The number of amides is 2. The van der Waals surface area contributed by atoms with Gasteiger partial charge in [-0.15, -0.1) is 0 Å². The Morgan fingerprint density at radius 3 is 2.21 bits per heavy atom. The zero-order chi connectivity index (χ0) is 21.5. The largest absolute Gasteiger partial charge is 0.603 e. The number of allylic oxidation sites excluding steroid dienone is 3. The molecule has 2 unspecified atom stereocenters. The van der Waals surface area contributed by atoms with Crippen LogP contribution >= 0.6 is 8.00 Å². The summed E-state index contributed by atoms with van der Waals surface area (Å²) in [7, 11) is -2.84. The number of anilines is 1. The van der Waals surface area contributed by atoms with Crippen molar-refractivity contribution >= 4 is 30.8 Å². The second-order valence-corrected chi connectivity index (χ2v) is 8.78. The van der Waals surface area contributed by atoms with E-state index in [1.807, 2.05) is 45.9 Å². The van der Waals surface area contributed by atoms with E-state index in [2.05, 4.69) is 0 Å². The molecule has 1 aromatic carbocycles. The Morgan fingerprint density at radius 2 is 1.72 bits per heavy atom. The van der Waals surface area contributed by atoms with Gasteiger partial charge in [0.2, 0.25) is 19.2 Å². The Bertz CT molecular complexity index is 928. The Kier molecular flexibility index (Phi) is 6.08. The molecule has 0 aromatic heterocycles. The fourth-order valence-electron chi connectivity index (χ4n) is 3.90. The number of carbonyl (C=O) groups is 2. The third-order valence-electron chi connectivity index (χ3n) is 5.24. The van der Waals surface area contributed by atoms with Gasteiger partial charge in [0.1, 0.15) is 5.92 Å². The number of para-hydroxylation sites is 1. The van der Waals surface area contributed by atoms with Crippen molar-refractivity contribution in [3.8, 4) is 0 Å². The van der Waals surface area contributed by atoms with E-state index in [1.54, 1.807) is 6.92 Å². The van der Waals surface area contributed by atoms with Crippen LogP contribution in [0, 0.1) is 5.92 Å². The molecule has 2 amide bonds. The second-order valence-electron chi connectivity index (χ2n) is 7.75. The molecular weight excluding hydrogens is 389 g/mol. The Morgan fingerprint density at radius 1 is 1.14 bits per heavy atom. The summed E-state index contributed by atoms with van der Waals surface area (Å²) < 4.78 is 5.47. The van der Waals surface area contributed by atoms with Crippen molar-refractivity contribution < 1.29 is 24.1 Å². The Hall–Kier alpha value is -2.27. The molecule has 29 heavy (non-hydrogen) atoms. The minimum atomic E-state index is -2.84. The van der Waals surface area contributed by atoms with E-state index in [0.29, 0.717) is 5.69 Å². The maximum atomic E-state index is 13.5. The summed E-state index contributed by atoms with van der Waals surface area (Å²) in [5, 5.41) is -0.0340. The summed E-state index contributed by atoms with van der Waals surface area (Å²) >= 11 is 0. The minimum Gasteiger partial charge on any atom is -0.603 e. The topological polar surface area (TPSA) is 89.9 Å². The molecule has 6 nitrogen and oxygen atoms in total. The number of benzene rings is 1. The lowest BCUT2D eigenvalue weighted by molar-refractivity contribution is -0.168. The van der Waals surface area contributed by atoms with E-state index in [1.165, 1.54) is 17.1 Å². The van der Waals surface area contributed by atoms with Gasteiger partial charge in [0.25, 0.3) is 5.91 Å². The number of nitrogens with zero attached hydrogens (tertiary/aromatic N) is 1. The maximum absolute atomic E-state index is 13.5. The van der Waals surface area contributed by atoms with Gasteiger partial charge in [-0.25, -0.2) is 4.90 Å². The van der Waals surface area contributed by atoms with E-state index in [9.17, 15) is 19.4 Å². The van der Waals surface area contributed by atoms with Crippen molar-refractivity contribution in [1.29, 1.82) is 0 Å². The lowest BCUT2D eigenvalue weighted by Crippen LogP contribution is -2.35. The van der Waals surface area contributed by atoms with Gasteiger partial charge in [-0.3, -0.25) is 9.59 Å². The van der Waals surface area contributed by atoms with Gasteiger partial charge in [0, 0.05) is 5.57 Å². The molecule has 1 aliphatic heterocycles. The van der Waals surface area contributed by atoms with Gasteiger partial charge in [0.15, 0.2) is 5.76 Å². The normalized spacial score (nSPS) is 20.9. The highest BCUT2D eigenvalue weighted by atomic mass is 31.1. The van der Waals surface area contributed by atoms with Gasteiger partial charge in [-0.1, -0.05) is 45.9 Å². The summed E-state index contributed by atoms with van der Waals surface area (Å²) in [6, 6.07) is 5.77. The lowest BCUT2D eigenvalue weighted by Gasteiger charge is -2.25. The van der Waals surface area contributed by atoms with Crippen LogP contribution in [-0.4, -0.2) is 28.6 Å². The lowest BCUT2D eigenvalue weighted by atomic mass is 9.91. The number of hydrogen-bond acceptors (Lipinski definition) is 5. The van der Waals surface area contributed by atoms with Gasteiger partial charge < -0.3 is 9.63 Å². The van der Waals surface area contributed by atoms with Crippen LogP contribution in [-0.2, 0) is 14.3 Å². The van der Waals surface area contributed by atoms with Crippen molar-refractivity contribution in [3.63, 3.8) is 0 Å². The van der Waals surface area contributed by atoms with E-state index in [-0.39, 0.29) is 35.1 Å². The van der Waals surface area contributed by atoms with E-state index < -0.39 is 25.7 Å². The Labute approximate surface area is 172 Å². The number of rotatable bonds is 5. The first-order chi connectivity index (χ1) is 13.7. The van der Waals surface area contributed by atoms with Crippen molar-refractivity contribution in [3.05, 3.63) is 52.8 Å². The molecule has 3 rings (SSSR count). The summed E-state index contributed by atoms with van der Waals surface area (Å²) in [5.41, 5.74) is 2.59. The highest BCUT2D eigenvalue weighted by molar-refractivity contribution is 7.46. The van der Waals surface area contributed by atoms with Crippen LogP contribution in [0.2, 0.25) is 0 Å². The minimum absolute atomic E-state index is 0.0340. The van der Waals surface area contributed by atoms with Gasteiger partial charge in [0.05, 0.1) is 12.3 Å². The van der Waals surface area contributed by atoms with Crippen molar-refractivity contribution in [2.45, 2.75) is 46.5 Å². The van der Waals surface area contributed by atoms with Crippen LogP contribution < -0.4 is 9.79 Å². The molecule has 1 aliphatic carbocycles. The van der Waals surface area contributed by atoms with Crippen LogP contribution in [0.5, 0.6) is 0 Å². The molecule has 1 aromatic rings. The van der Waals surface area contributed by atoms with Crippen LogP contribution in [0.15, 0.2) is 41.7 Å². The van der Waals surface area contributed by atoms with Crippen LogP contribution in [0.25, 0.3) is 0 Å². The second kappa shape index (κ2) is 8.23. The molecule has 7 heteroatoms. The SMILES string of the molecule is CCOC1=CC=C2C(=O)N(c3c(C(C)C)cccc3C(C)C)C(=O)C2C1=[P+]([O-])O. The molecule has 1 heterocycles. The average Bonchev–Trinajstić information content (AvgIpc) is 2.91. The fourth-order valence-corrected chi connectivity index (χ4v) is 4.70. The molecular formula is C22H26NO5P. The van der Waals surface area contributed by atoms with Gasteiger partial charge in [-0.2, -0.15) is 4.89 Å². The fraction of sp³-hybridized carbons (Fsp3) is 0.409. The first-order valence-electron chi connectivity index (χ1n) is 9.79. The predicted octanol–water partition coefficient (Wildman–Crippen LogP) is 3.12. The molecule has 0 saturated carbocycles. The Balaban J connectivity index is 2.20. The quantitative estimate of drug-likeness (QED) is 0.590. The average molecular weight is 415 g/mol. The summed E-state index contributed by atoms with van der Waals surface area (Å²) in [5.74, 6) is -1.67. The monoisotopic (exact) mass is 415 g/mol. The van der Waals surface area contributed by atoms with Crippen LogP contribution in [0.4, 0.5) is 5.69 Å². The predicted molar refractivity (Wildman–Crippen MR) is 113 cm³/mol. The summed E-state index contributed by atoms with van der Waals surface area (Å²) in [4.78, 5) is 50.0. The van der Waals surface area contributed by atoms with Crippen LogP contribution in [0.1, 0.15) is 57.6 Å². The number of ether oxygens (including phenoxy) is 1. The number of hydrogen-bond donors (Lipinski definition) is 1. The van der Waals surface area contributed by atoms with Gasteiger partial charge in [-0.05, 0) is 42.0 Å². The number of carbonyl (C=O) groups excluding carboxylic acids is 2. The number of imide groups is 1. The number of fused-ring (bicyclic) bond motifs is 1. The summed E-state index contributed by atoms with van der Waals surface area (Å²) in [6.07, 6.45) is 3.03. The smallest absolute Gasteiger partial charge is 0.262 e. The molecule has 2 atom stereocenters. The molecule has 2 aliphatic rings. The molecule has 1 N–H and O–H groups in total. The molecule has 0 radical (unpaired) electrons. The molecule has 1 saturated heterocycles. The zero-order valence-electron chi connectivity index (χ0n) is 17.3. The highest BCUT2D eigenvalue weighted by Crippen LogP contribution is 2.43.